The molecule has 1 aliphatic rings. The third-order valence-electron chi connectivity index (χ3n) is 4.32. The van der Waals surface area contributed by atoms with Crippen LogP contribution in [0, 0.1) is 6.92 Å². The van der Waals surface area contributed by atoms with E-state index in [9.17, 15) is 14.7 Å². The average Bonchev–Trinajstić information content (AvgIpc) is 2.95. The monoisotopic (exact) mass is 404 g/mol. The molecule has 1 fully saturated rings. The van der Waals surface area contributed by atoms with Crippen molar-refractivity contribution >= 4 is 33.9 Å². The summed E-state index contributed by atoms with van der Waals surface area (Å²) in [6.07, 6.45) is 1.14. The van der Waals surface area contributed by atoms with Crippen molar-refractivity contribution in [2.75, 3.05) is 6.54 Å². The van der Waals surface area contributed by atoms with Crippen LogP contribution in [0.2, 0.25) is 0 Å². The average molecular weight is 404 g/mol. The van der Waals surface area contributed by atoms with Gasteiger partial charge in [0.15, 0.2) is 0 Å². The molecule has 2 unspecified atom stereocenters. The van der Waals surface area contributed by atoms with Gasteiger partial charge in [-0.25, -0.2) is 14.6 Å². The first-order chi connectivity index (χ1) is 13.1. The normalized spacial score (nSPS) is 19.6. The van der Waals surface area contributed by atoms with E-state index in [2.05, 4.69) is 4.98 Å². The first kappa shape index (κ1) is 20.3. The van der Waals surface area contributed by atoms with E-state index in [1.807, 2.05) is 31.2 Å². The Balaban J connectivity index is 1.82. The van der Waals surface area contributed by atoms with Crippen LogP contribution in [0.15, 0.2) is 30.5 Å². The zero-order valence-electron chi connectivity index (χ0n) is 16.3. The minimum absolute atomic E-state index is 0.240. The fourth-order valence-corrected chi connectivity index (χ4v) is 4.05. The summed E-state index contributed by atoms with van der Waals surface area (Å²) in [6, 6.07) is 7.87. The Morgan fingerprint density at radius 2 is 2.04 bits per heavy atom. The summed E-state index contributed by atoms with van der Waals surface area (Å²) >= 11 is 0.687. The second kappa shape index (κ2) is 7.87. The van der Waals surface area contributed by atoms with Crippen LogP contribution in [0.4, 0.5) is 9.59 Å². The number of benzene rings is 1. The van der Waals surface area contributed by atoms with Gasteiger partial charge in [-0.2, -0.15) is 0 Å². The number of amides is 1. The summed E-state index contributed by atoms with van der Waals surface area (Å²) in [5.41, 5.74) is 0.377. The van der Waals surface area contributed by atoms with Gasteiger partial charge >= 0.3 is 11.4 Å². The number of pyridine rings is 1. The number of carbonyl (C=O) groups excluding carboxylic acids is 1. The van der Waals surface area contributed by atoms with Crippen LogP contribution in [-0.2, 0) is 4.74 Å². The van der Waals surface area contributed by atoms with Crippen molar-refractivity contribution in [1.82, 2.24) is 9.88 Å². The highest BCUT2D eigenvalue weighted by Crippen LogP contribution is 2.34. The van der Waals surface area contributed by atoms with Gasteiger partial charge in [0.05, 0.1) is 11.9 Å². The minimum atomic E-state index is -1.04. The van der Waals surface area contributed by atoms with Crippen LogP contribution in [0.1, 0.15) is 32.8 Å². The number of likely N-dealkylation sites (tertiary alicyclic amines) is 1. The quantitative estimate of drug-likeness (QED) is 0.795. The van der Waals surface area contributed by atoms with Gasteiger partial charge in [0, 0.05) is 18.0 Å². The number of hydrogen-bond acceptors (Lipinski definition) is 6. The maximum absolute atomic E-state index is 12.5. The molecule has 1 N–H and O–H groups in total. The number of rotatable bonds is 3. The lowest BCUT2D eigenvalue weighted by atomic mass is 10.1. The largest absolute Gasteiger partial charge is 0.473 e. The van der Waals surface area contributed by atoms with Crippen molar-refractivity contribution in [3.63, 3.8) is 0 Å². The molecule has 1 aromatic heterocycles. The smallest absolute Gasteiger partial charge is 0.411 e. The van der Waals surface area contributed by atoms with E-state index in [1.54, 1.807) is 27.0 Å². The summed E-state index contributed by atoms with van der Waals surface area (Å²) < 4.78 is 11.6. The number of aryl methyl sites for hydroxylation is 1. The molecule has 2 heterocycles. The predicted molar refractivity (Wildman–Crippen MR) is 108 cm³/mol. The predicted octanol–water partition coefficient (Wildman–Crippen LogP) is 4.67. The molecule has 3 rings (SSSR count). The van der Waals surface area contributed by atoms with Crippen LogP contribution in [0.3, 0.4) is 0 Å². The lowest BCUT2D eigenvalue weighted by molar-refractivity contribution is 0.0259. The highest BCUT2D eigenvalue weighted by atomic mass is 32.2. The number of nitrogens with zero attached hydrogens (tertiary/aromatic N) is 2. The van der Waals surface area contributed by atoms with Gasteiger partial charge in [-0.05, 0) is 56.5 Å². The van der Waals surface area contributed by atoms with Gasteiger partial charge in [-0.1, -0.05) is 18.2 Å². The van der Waals surface area contributed by atoms with E-state index < -0.39 is 22.4 Å². The fraction of sp³-hybridized carbons (Fsp3) is 0.450. The molecule has 2 aromatic rings. The molecular formula is C20H24N2O5S. The van der Waals surface area contributed by atoms with Crippen LogP contribution in [-0.4, -0.2) is 50.0 Å². The van der Waals surface area contributed by atoms with Crippen molar-refractivity contribution in [1.29, 1.82) is 0 Å². The standard InChI is InChI=1S/C20H24N2O5S/c1-12-6-5-7-13-8-9-21-17(16(12)13)26-14-10-15(28-19(24)25)22(11-14)18(23)27-20(2,3)4/h5-9,14-15H,10-11H2,1-4H3,(H,24,25). The zero-order chi connectivity index (χ0) is 20.5. The second-order valence-corrected chi connectivity index (χ2v) is 8.86. The molecule has 1 saturated heterocycles. The molecule has 8 heteroatoms. The molecule has 150 valence electrons. The molecule has 1 amide bonds. The third kappa shape index (κ3) is 4.67. The van der Waals surface area contributed by atoms with Gasteiger partial charge in [-0.15, -0.1) is 0 Å². The van der Waals surface area contributed by atoms with Gasteiger partial charge in [0.2, 0.25) is 5.88 Å². The summed E-state index contributed by atoms with van der Waals surface area (Å²) in [4.78, 5) is 29.6. The van der Waals surface area contributed by atoms with Gasteiger partial charge in [-0.3, -0.25) is 4.90 Å². The Morgan fingerprint density at radius 1 is 1.29 bits per heavy atom. The number of aromatic nitrogens is 1. The zero-order valence-corrected chi connectivity index (χ0v) is 17.2. The van der Waals surface area contributed by atoms with E-state index in [-0.39, 0.29) is 12.6 Å². The van der Waals surface area contributed by atoms with Crippen molar-refractivity contribution in [3.8, 4) is 5.88 Å². The van der Waals surface area contributed by atoms with Crippen LogP contribution < -0.4 is 4.74 Å². The highest BCUT2D eigenvalue weighted by molar-refractivity contribution is 8.13. The van der Waals surface area contributed by atoms with Crippen molar-refractivity contribution < 1.29 is 24.2 Å². The van der Waals surface area contributed by atoms with Gasteiger partial charge in [0.25, 0.3) is 0 Å². The summed E-state index contributed by atoms with van der Waals surface area (Å²) in [5, 5.41) is 9.52. The summed E-state index contributed by atoms with van der Waals surface area (Å²) in [5.74, 6) is 0.491. The number of thioether (sulfide) groups is 1. The van der Waals surface area contributed by atoms with Crippen LogP contribution in [0.5, 0.6) is 5.88 Å². The minimum Gasteiger partial charge on any atom is -0.473 e. The Kier molecular flexibility index (Phi) is 5.69. The molecule has 1 aliphatic heterocycles. The van der Waals surface area contributed by atoms with Crippen molar-refractivity contribution in [3.05, 3.63) is 36.0 Å². The number of carbonyl (C=O) groups is 2. The van der Waals surface area contributed by atoms with E-state index >= 15 is 0 Å². The molecule has 0 saturated carbocycles. The first-order valence-electron chi connectivity index (χ1n) is 9.04. The maximum atomic E-state index is 12.5. The number of ether oxygens (including phenoxy) is 2. The Bertz CT molecular complexity index is 891. The molecule has 28 heavy (non-hydrogen) atoms. The molecule has 0 radical (unpaired) electrons. The SMILES string of the molecule is Cc1cccc2ccnc(OC3CC(SC(=O)O)N(C(=O)OC(C)(C)C)C3)c12. The van der Waals surface area contributed by atoms with E-state index in [0.717, 1.165) is 16.3 Å². The molecule has 2 atom stereocenters. The fourth-order valence-electron chi connectivity index (χ4n) is 3.21. The topological polar surface area (TPSA) is 89.0 Å². The molecule has 0 aliphatic carbocycles. The molecular weight excluding hydrogens is 380 g/mol. The Labute approximate surface area is 168 Å². The number of hydrogen-bond donors (Lipinski definition) is 1. The number of carboxylic acid groups (broad SMARTS) is 1. The molecule has 0 spiro atoms. The van der Waals surface area contributed by atoms with Crippen molar-refractivity contribution in [2.24, 2.45) is 0 Å². The maximum Gasteiger partial charge on any atom is 0.411 e. The van der Waals surface area contributed by atoms with Crippen molar-refractivity contribution in [2.45, 2.75) is 51.2 Å². The Hall–Kier alpha value is -2.48. The summed E-state index contributed by atoms with van der Waals surface area (Å²) in [6.45, 7) is 7.55. The molecule has 0 bridgehead atoms. The van der Waals surface area contributed by atoms with Crippen LogP contribution >= 0.6 is 11.8 Å². The van der Waals surface area contributed by atoms with Gasteiger partial charge < -0.3 is 14.6 Å². The lowest BCUT2D eigenvalue weighted by Crippen LogP contribution is -2.39. The summed E-state index contributed by atoms with van der Waals surface area (Å²) in [7, 11) is 0. The number of fused-ring (bicyclic) bond motifs is 1. The highest BCUT2D eigenvalue weighted by Gasteiger charge is 2.40. The molecule has 7 nitrogen and oxygen atoms in total. The van der Waals surface area contributed by atoms with E-state index in [1.165, 1.54) is 4.90 Å². The first-order valence-corrected chi connectivity index (χ1v) is 9.92. The van der Waals surface area contributed by atoms with E-state index in [0.29, 0.717) is 24.1 Å². The molecule has 1 aromatic carbocycles. The third-order valence-corrected chi connectivity index (χ3v) is 5.24. The Morgan fingerprint density at radius 3 is 2.71 bits per heavy atom. The van der Waals surface area contributed by atoms with Crippen LogP contribution in [0.25, 0.3) is 10.8 Å². The van der Waals surface area contributed by atoms with Gasteiger partial charge in [0.1, 0.15) is 11.7 Å². The second-order valence-electron chi connectivity index (χ2n) is 7.74. The lowest BCUT2D eigenvalue weighted by Gasteiger charge is -2.27. The van der Waals surface area contributed by atoms with E-state index in [4.69, 9.17) is 9.47 Å².